The average molecular weight is 629 g/mol. The van der Waals surface area contributed by atoms with Crippen molar-refractivity contribution in [2.24, 2.45) is 0 Å². The molecule has 0 amide bonds. The summed E-state index contributed by atoms with van der Waals surface area (Å²) in [6, 6.07) is 2.14. The maximum atomic E-state index is 13.4. The van der Waals surface area contributed by atoms with Gasteiger partial charge in [-0.3, -0.25) is 0 Å². The van der Waals surface area contributed by atoms with Crippen molar-refractivity contribution in [2.45, 2.75) is 93.4 Å². The molecular formula is C22H41F9O6Si2. The van der Waals surface area contributed by atoms with Crippen molar-refractivity contribution < 1.29 is 66.4 Å². The summed E-state index contributed by atoms with van der Waals surface area (Å²) in [4.78, 5) is 0. The normalized spacial score (nSPS) is 14.3. The summed E-state index contributed by atoms with van der Waals surface area (Å²) in [5, 5.41) is 0. The SMILES string of the molecule is CO[Si](CCCCCCCCOCCC(F)(F)C(F)(F)C(F)(F)C(F)(F)F)(CCC[Si](OC)(OC)OC)OC. The van der Waals surface area contributed by atoms with Crippen LogP contribution >= 0.6 is 0 Å². The highest BCUT2D eigenvalue weighted by Crippen LogP contribution is 2.53. The van der Waals surface area contributed by atoms with E-state index in [0.717, 1.165) is 44.2 Å². The summed E-state index contributed by atoms with van der Waals surface area (Å²) in [5.41, 5.74) is 0. The van der Waals surface area contributed by atoms with E-state index in [4.69, 9.17) is 26.9 Å². The highest BCUT2D eigenvalue weighted by Gasteiger charge is 2.81. The van der Waals surface area contributed by atoms with Gasteiger partial charge in [0.15, 0.2) is 0 Å². The predicted octanol–water partition coefficient (Wildman–Crippen LogP) is 7.21. The molecule has 39 heavy (non-hydrogen) atoms. The topological polar surface area (TPSA) is 55.4 Å². The molecule has 236 valence electrons. The molecule has 0 spiro atoms. The third kappa shape index (κ3) is 11.1. The molecular weight excluding hydrogens is 587 g/mol. The molecule has 17 heteroatoms. The van der Waals surface area contributed by atoms with E-state index in [9.17, 15) is 39.5 Å². The second-order valence-electron chi connectivity index (χ2n) is 9.05. The fraction of sp³-hybridized carbons (Fsp3) is 1.00. The van der Waals surface area contributed by atoms with E-state index in [-0.39, 0.29) is 6.61 Å². The van der Waals surface area contributed by atoms with Crippen LogP contribution in [0.3, 0.4) is 0 Å². The minimum Gasteiger partial charge on any atom is -0.398 e. The van der Waals surface area contributed by atoms with Crippen molar-refractivity contribution in [3.8, 4) is 0 Å². The second kappa shape index (κ2) is 16.9. The minimum absolute atomic E-state index is 0.115. The Bertz CT molecular complexity index is 656. The van der Waals surface area contributed by atoms with Crippen molar-refractivity contribution in [2.75, 3.05) is 48.8 Å². The Morgan fingerprint density at radius 2 is 0.949 bits per heavy atom. The molecule has 0 rings (SSSR count). The molecule has 6 nitrogen and oxygen atoms in total. The molecule has 0 aliphatic carbocycles. The fourth-order valence-electron chi connectivity index (χ4n) is 3.92. The second-order valence-corrected chi connectivity index (χ2v) is 15.8. The minimum atomic E-state index is -6.87. The van der Waals surface area contributed by atoms with Crippen molar-refractivity contribution in [3.05, 3.63) is 0 Å². The third-order valence-corrected chi connectivity index (χ3v) is 13.1. The van der Waals surface area contributed by atoms with Crippen LogP contribution in [0.2, 0.25) is 18.1 Å². The summed E-state index contributed by atoms with van der Waals surface area (Å²) >= 11 is 0. The monoisotopic (exact) mass is 628 g/mol. The highest BCUT2D eigenvalue weighted by atomic mass is 28.4. The van der Waals surface area contributed by atoms with Crippen molar-refractivity contribution in [3.63, 3.8) is 0 Å². The number of unbranched alkanes of at least 4 members (excludes halogenated alkanes) is 5. The molecule has 0 N–H and O–H groups in total. The van der Waals surface area contributed by atoms with Crippen LogP contribution in [-0.4, -0.2) is 90.1 Å². The van der Waals surface area contributed by atoms with Gasteiger partial charge in [0.05, 0.1) is 6.61 Å². The van der Waals surface area contributed by atoms with Gasteiger partial charge in [0.2, 0.25) is 0 Å². The smallest absolute Gasteiger partial charge is 0.398 e. The van der Waals surface area contributed by atoms with Crippen molar-refractivity contribution in [1.82, 2.24) is 0 Å². The molecule has 0 bridgehead atoms. The van der Waals surface area contributed by atoms with Gasteiger partial charge in [-0.2, -0.15) is 39.5 Å². The first-order chi connectivity index (χ1) is 18.0. The lowest BCUT2D eigenvalue weighted by Crippen LogP contribution is -2.61. The standard InChI is InChI=1S/C22H41F9O6Si2/c1-32-38(33-2,17-12-18-39(34-3,35-4)36-5)16-11-9-7-6-8-10-14-37-15-13-19(23,24)20(25,26)21(27,28)22(29,30)31/h6-18H2,1-5H3. The summed E-state index contributed by atoms with van der Waals surface area (Å²) < 4.78 is 148. The molecule has 0 fully saturated rings. The first-order valence-corrected chi connectivity index (χ1v) is 16.7. The molecule has 0 aromatic heterocycles. The maximum absolute atomic E-state index is 13.4. The van der Waals surface area contributed by atoms with Gasteiger partial charge in [-0.15, -0.1) is 0 Å². The van der Waals surface area contributed by atoms with E-state index in [0.29, 0.717) is 18.9 Å². The van der Waals surface area contributed by atoms with Crippen LogP contribution in [0, 0.1) is 0 Å². The predicted molar refractivity (Wildman–Crippen MR) is 130 cm³/mol. The highest BCUT2D eigenvalue weighted by molar-refractivity contribution is 6.67. The van der Waals surface area contributed by atoms with Crippen LogP contribution in [-0.2, 0) is 26.9 Å². The summed E-state index contributed by atoms with van der Waals surface area (Å²) in [7, 11) is 2.81. The average Bonchev–Trinajstić information content (AvgIpc) is 2.88. The first kappa shape index (κ1) is 38.6. The van der Waals surface area contributed by atoms with Crippen LogP contribution in [0.4, 0.5) is 39.5 Å². The lowest BCUT2D eigenvalue weighted by molar-refractivity contribution is -0.397. The molecule has 0 aromatic rings. The van der Waals surface area contributed by atoms with Gasteiger partial charge in [0.1, 0.15) is 0 Å². The summed E-state index contributed by atoms with van der Waals surface area (Å²) in [6.07, 6.45) is -3.65. The lowest BCUT2D eigenvalue weighted by atomic mass is 10.0. The van der Waals surface area contributed by atoms with Crippen LogP contribution in [0.1, 0.15) is 51.4 Å². The van der Waals surface area contributed by atoms with Gasteiger partial charge in [-0.05, 0) is 24.9 Å². The van der Waals surface area contributed by atoms with E-state index in [2.05, 4.69) is 0 Å². The Labute approximate surface area is 226 Å². The molecule has 0 saturated heterocycles. The molecule has 0 aliphatic heterocycles. The van der Waals surface area contributed by atoms with E-state index >= 15 is 0 Å². The largest absolute Gasteiger partial charge is 0.500 e. The Kier molecular flexibility index (Phi) is 16.7. The molecule has 0 atom stereocenters. The zero-order valence-corrected chi connectivity index (χ0v) is 25.0. The molecule has 0 aromatic carbocycles. The molecule has 0 aliphatic rings. The number of alkyl halides is 9. The zero-order chi connectivity index (χ0) is 30.4. The molecule has 0 unspecified atom stereocenters. The summed E-state index contributed by atoms with van der Waals surface area (Å²) in [6.45, 7) is -1.20. The van der Waals surface area contributed by atoms with E-state index in [1.807, 2.05) is 0 Å². The number of rotatable bonds is 23. The van der Waals surface area contributed by atoms with Crippen LogP contribution < -0.4 is 0 Å². The Morgan fingerprint density at radius 3 is 1.41 bits per heavy atom. The van der Waals surface area contributed by atoms with E-state index in [1.54, 1.807) is 35.5 Å². The molecule has 0 saturated carbocycles. The fourth-order valence-corrected chi connectivity index (χ4v) is 8.73. The third-order valence-electron chi connectivity index (χ3n) is 6.58. The lowest BCUT2D eigenvalue weighted by Gasteiger charge is -2.33. The van der Waals surface area contributed by atoms with Crippen LogP contribution in [0.25, 0.3) is 0 Å². The summed E-state index contributed by atoms with van der Waals surface area (Å²) in [5.74, 6) is -19.1. The van der Waals surface area contributed by atoms with E-state index in [1.165, 1.54) is 0 Å². The van der Waals surface area contributed by atoms with Gasteiger partial charge >= 0.3 is 41.3 Å². The van der Waals surface area contributed by atoms with Gasteiger partial charge in [0, 0.05) is 54.6 Å². The van der Waals surface area contributed by atoms with Crippen molar-refractivity contribution >= 4 is 17.4 Å². The molecule has 0 heterocycles. The van der Waals surface area contributed by atoms with Gasteiger partial charge in [0.25, 0.3) is 0 Å². The van der Waals surface area contributed by atoms with Crippen LogP contribution in [0.5, 0.6) is 0 Å². The maximum Gasteiger partial charge on any atom is 0.500 e. The zero-order valence-electron chi connectivity index (χ0n) is 23.0. The first-order valence-electron chi connectivity index (χ1n) is 12.5. The number of halogens is 9. The Hall–Kier alpha value is -0.436. The van der Waals surface area contributed by atoms with Crippen LogP contribution in [0.15, 0.2) is 0 Å². The Morgan fingerprint density at radius 1 is 0.487 bits per heavy atom. The quantitative estimate of drug-likeness (QED) is 0.0678. The Balaban J connectivity index is 4.24. The van der Waals surface area contributed by atoms with E-state index < -0.39 is 54.3 Å². The van der Waals surface area contributed by atoms with Gasteiger partial charge < -0.3 is 26.9 Å². The molecule has 0 radical (unpaired) electrons. The van der Waals surface area contributed by atoms with Gasteiger partial charge in [-0.25, -0.2) is 0 Å². The van der Waals surface area contributed by atoms with Crippen molar-refractivity contribution in [1.29, 1.82) is 0 Å². The number of hydrogen-bond acceptors (Lipinski definition) is 6. The van der Waals surface area contributed by atoms with Gasteiger partial charge in [-0.1, -0.05) is 32.1 Å². The number of ether oxygens (including phenoxy) is 1. The number of hydrogen-bond donors (Lipinski definition) is 0.